The minimum absolute atomic E-state index is 0.0409. The van der Waals surface area contributed by atoms with Crippen LogP contribution >= 0.6 is 0 Å². The summed E-state index contributed by atoms with van der Waals surface area (Å²) in [4.78, 5) is 14.2. The van der Waals surface area contributed by atoms with E-state index in [9.17, 15) is 9.18 Å². The van der Waals surface area contributed by atoms with E-state index in [1.54, 1.807) is 30.2 Å². The van der Waals surface area contributed by atoms with Gasteiger partial charge in [0.1, 0.15) is 29.5 Å². The zero-order chi connectivity index (χ0) is 17.9. The summed E-state index contributed by atoms with van der Waals surface area (Å²) in [7, 11) is 1.60. The molecule has 0 spiro atoms. The highest BCUT2D eigenvalue weighted by Crippen LogP contribution is 2.27. The fraction of sp³-hybridized carbons (Fsp3) is 0.444. The number of benzene rings is 1. The molecule has 6 nitrogen and oxygen atoms in total. The van der Waals surface area contributed by atoms with E-state index < -0.39 is 5.60 Å². The summed E-state index contributed by atoms with van der Waals surface area (Å²) in [6.07, 6.45) is 0.825. The van der Waals surface area contributed by atoms with Crippen LogP contribution < -0.4 is 4.74 Å². The largest absolute Gasteiger partial charge is 0.490 e. The molecule has 7 heteroatoms. The van der Waals surface area contributed by atoms with Crippen LogP contribution in [0.15, 0.2) is 34.9 Å². The maximum absolute atomic E-state index is 13.2. The summed E-state index contributed by atoms with van der Waals surface area (Å²) >= 11 is 0. The monoisotopic (exact) mass is 348 g/mol. The van der Waals surface area contributed by atoms with E-state index in [0.717, 1.165) is 5.69 Å². The first-order chi connectivity index (χ1) is 12.0. The molecule has 0 bridgehead atoms. The van der Waals surface area contributed by atoms with Crippen molar-refractivity contribution in [1.29, 1.82) is 0 Å². The van der Waals surface area contributed by atoms with Gasteiger partial charge in [0.15, 0.2) is 0 Å². The molecular formula is C18H21FN2O4. The molecule has 1 aromatic carbocycles. The third-order valence-electron chi connectivity index (χ3n) is 4.40. The lowest BCUT2D eigenvalue weighted by molar-refractivity contribution is -0.131. The Morgan fingerprint density at radius 1 is 1.44 bits per heavy atom. The van der Waals surface area contributed by atoms with Gasteiger partial charge < -0.3 is 18.9 Å². The number of hydrogen-bond donors (Lipinski definition) is 0. The van der Waals surface area contributed by atoms with E-state index in [-0.39, 0.29) is 24.8 Å². The van der Waals surface area contributed by atoms with Gasteiger partial charge in [0.05, 0.1) is 18.7 Å². The minimum Gasteiger partial charge on any atom is -0.490 e. The van der Waals surface area contributed by atoms with Crippen molar-refractivity contribution in [2.75, 3.05) is 26.8 Å². The maximum Gasteiger partial charge on any atom is 0.230 e. The maximum atomic E-state index is 13.2. The summed E-state index contributed by atoms with van der Waals surface area (Å²) in [5, 5.41) is 3.79. The number of carbonyl (C=O) groups excluding carboxylic acids is 1. The zero-order valence-corrected chi connectivity index (χ0v) is 14.3. The average Bonchev–Trinajstić information content (AvgIpc) is 3.20. The Balaban J connectivity index is 1.59. The predicted molar refractivity (Wildman–Crippen MR) is 87.8 cm³/mol. The van der Waals surface area contributed by atoms with Gasteiger partial charge in [0, 0.05) is 25.8 Å². The Morgan fingerprint density at radius 2 is 2.28 bits per heavy atom. The van der Waals surface area contributed by atoms with Crippen molar-refractivity contribution in [1.82, 2.24) is 10.1 Å². The Hall–Kier alpha value is -2.41. The summed E-state index contributed by atoms with van der Waals surface area (Å²) in [5.41, 5.74) is 0.151. The summed E-state index contributed by atoms with van der Waals surface area (Å²) in [5.74, 6) is 0.599. The normalized spacial score (nSPS) is 20.0. The second kappa shape index (κ2) is 7.23. The Morgan fingerprint density at radius 3 is 2.96 bits per heavy atom. The number of carbonyl (C=O) groups is 1. The van der Waals surface area contributed by atoms with E-state index in [0.29, 0.717) is 31.0 Å². The molecule has 0 radical (unpaired) electrons. The molecule has 25 heavy (non-hydrogen) atoms. The molecule has 1 aromatic heterocycles. The van der Waals surface area contributed by atoms with Gasteiger partial charge >= 0.3 is 0 Å². The van der Waals surface area contributed by atoms with E-state index in [4.69, 9.17) is 14.0 Å². The molecular weight excluding hydrogens is 327 g/mol. The predicted octanol–water partition coefficient (Wildman–Crippen LogP) is 2.36. The molecule has 0 saturated carbocycles. The molecule has 1 saturated heterocycles. The van der Waals surface area contributed by atoms with Crippen molar-refractivity contribution in [3.8, 4) is 5.75 Å². The van der Waals surface area contributed by atoms with Crippen LogP contribution in [0.1, 0.15) is 17.9 Å². The van der Waals surface area contributed by atoms with Crippen LogP contribution in [0.2, 0.25) is 0 Å². The number of nitrogens with zero attached hydrogens (tertiary/aromatic N) is 2. The molecule has 1 aliphatic heterocycles. The third kappa shape index (κ3) is 4.17. The van der Waals surface area contributed by atoms with Crippen LogP contribution in [0.4, 0.5) is 4.39 Å². The van der Waals surface area contributed by atoms with E-state index in [1.807, 2.05) is 6.92 Å². The number of ether oxygens (including phenoxy) is 2. The van der Waals surface area contributed by atoms with Gasteiger partial charge in [-0.2, -0.15) is 0 Å². The first kappa shape index (κ1) is 17.4. The van der Waals surface area contributed by atoms with E-state index >= 15 is 0 Å². The van der Waals surface area contributed by atoms with E-state index in [1.165, 1.54) is 12.1 Å². The van der Waals surface area contributed by atoms with Crippen LogP contribution in [-0.2, 0) is 16.0 Å². The lowest BCUT2D eigenvalue weighted by Gasteiger charge is -2.27. The van der Waals surface area contributed by atoms with Crippen molar-refractivity contribution in [2.45, 2.75) is 25.4 Å². The molecule has 1 amide bonds. The second-order valence-electron chi connectivity index (χ2n) is 6.31. The highest BCUT2D eigenvalue weighted by molar-refractivity contribution is 5.78. The quantitative estimate of drug-likeness (QED) is 0.802. The molecule has 0 unspecified atom stereocenters. The van der Waals surface area contributed by atoms with E-state index in [2.05, 4.69) is 5.16 Å². The van der Waals surface area contributed by atoms with Gasteiger partial charge in [-0.3, -0.25) is 4.79 Å². The molecule has 2 heterocycles. The van der Waals surface area contributed by atoms with Crippen LogP contribution in [-0.4, -0.2) is 48.4 Å². The summed E-state index contributed by atoms with van der Waals surface area (Å²) < 4.78 is 29.7. The van der Waals surface area contributed by atoms with Gasteiger partial charge in [0.25, 0.3) is 0 Å². The Labute approximate surface area is 145 Å². The number of aromatic nitrogens is 1. The van der Waals surface area contributed by atoms with Crippen LogP contribution in [0.3, 0.4) is 0 Å². The zero-order valence-electron chi connectivity index (χ0n) is 14.3. The molecule has 134 valence electrons. The van der Waals surface area contributed by atoms with Crippen molar-refractivity contribution in [3.05, 3.63) is 47.6 Å². The molecule has 1 aliphatic rings. The molecule has 2 aromatic rings. The van der Waals surface area contributed by atoms with Crippen molar-refractivity contribution < 1.29 is 23.2 Å². The lowest BCUT2D eigenvalue weighted by Crippen LogP contribution is -2.42. The van der Waals surface area contributed by atoms with Crippen LogP contribution in [0, 0.1) is 12.7 Å². The fourth-order valence-electron chi connectivity index (χ4n) is 2.93. The first-order valence-electron chi connectivity index (χ1n) is 8.13. The van der Waals surface area contributed by atoms with Crippen molar-refractivity contribution in [2.24, 2.45) is 0 Å². The number of aryl methyl sites for hydroxylation is 1. The Bertz CT molecular complexity index is 748. The number of halogens is 1. The number of methoxy groups -OCH3 is 1. The smallest absolute Gasteiger partial charge is 0.230 e. The first-order valence-corrected chi connectivity index (χ1v) is 8.13. The fourth-order valence-corrected chi connectivity index (χ4v) is 2.93. The number of hydrogen-bond acceptors (Lipinski definition) is 5. The van der Waals surface area contributed by atoms with Gasteiger partial charge in [-0.1, -0.05) is 11.2 Å². The molecule has 3 rings (SSSR count). The highest BCUT2D eigenvalue weighted by Gasteiger charge is 2.41. The third-order valence-corrected chi connectivity index (χ3v) is 4.40. The standard InChI is InChI=1S/C18H21FN2O4/c1-13-8-16(25-20-13)10-17(22)21-7-6-18(11-21,23-2)12-24-15-5-3-4-14(19)9-15/h3-5,8-9H,6-7,10-12H2,1-2H3/t18-/m0/s1. The number of rotatable bonds is 6. The summed E-state index contributed by atoms with van der Waals surface area (Å²) in [6.45, 7) is 3.06. The molecule has 0 aliphatic carbocycles. The van der Waals surface area contributed by atoms with Gasteiger partial charge in [-0.25, -0.2) is 4.39 Å². The summed E-state index contributed by atoms with van der Waals surface area (Å²) in [6, 6.07) is 7.72. The van der Waals surface area contributed by atoms with Crippen LogP contribution in [0.5, 0.6) is 5.75 Å². The average molecular weight is 348 g/mol. The lowest BCUT2D eigenvalue weighted by atomic mass is 10.0. The SMILES string of the molecule is CO[C@@]1(COc2cccc(F)c2)CCN(C(=O)Cc2cc(C)no2)C1. The molecule has 0 N–H and O–H groups in total. The van der Waals surface area contributed by atoms with Crippen molar-refractivity contribution >= 4 is 5.91 Å². The molecule has 1 fully saturated rings. The topological polar surface area (TPSA) is 64.8 Å². The van der Waals surface area contributed by atoms with Gasteiger partial charge in [-0.05, 0) is 25.5 Å². The van der Waals surface area contributed by atoms with Gasteiger partial charge in [-0.15, -0.1) is 0 Å². The van der Waals surface area contributed by atoms with Crippen molar-refractivity contribution in [3.63, 3.8) is 0 Å². The second-order valence-corrected chi connectivity index (χ2v) is 6.31. The minimum atomic E-state index is -0.598. The Kier molecular flexibility index (Phi) is 5.03. The van der Waals surface area contributed by atoms with Crippen LogP contribution in [0.25, 0.3) is 0 Å². The molecule has 1 atom stereocenters. The highest BCUT2D eigenvalue weighted by atomic mass is 19.1. The van der Waals surface area contributed by atoms with Gasteiger partial charge in [0.2, 0.25) is 5.91 Å². The number of likely N-dealkylation sites (tertiary alicyclic amines) is 1. The number of amides is 1.